The molecule has 2 aliphatic heterocycles. The van der Waals surface area contributed by atoms with Gasteiger partial charge in [0.25, 0.3) is 0 Å². The number of benzene rings is 3. The number of likely N-dealkylation sites (tertiary alicyclic amines) is 1. The first-order valence-corrected chi connectivity index (χ1v) is 18.0. The summed E-state index contributed by atoms with van der Waals surface area (Å²) in [4.78, 5) is 31.2. The standard InChI is InChI=1S/C41H51N3O4/c1-3-4-25-44-40(47)38(39(46)34-13-9-6-10-14-34)42-30(2)41(44)23-26-43(27-24-41)29-32-15-19-35(20-16-32)48-36-21-17-33(18-22-36)37(45)28-31-11-7-5-8-12-31/h5,7-8,11-12,15-22,34,38-39,42,46H,2-4,6,9-10,13-14,23-29H2,1H3/t38-,39+/m0/s1. The molecule has 0 radical (unpaired) electrons. The quantitative estimate of drug-likeness (QED) is 0.201. The largest absolute Gasteiger partial charge is 0.457 e. The zero-order chi connectivity index (χ0) is 33.5. The Hall–Kier alpha value is -3.94. The van der Waals surface area contributed by atoms with Crippen LogP contribution in [0.15, 0.2) is 91.1 Å². The molecule has 2 atom stereocenters. The Morgan fingerprint density at radius 2 is 1.58 bits per heavy atom. The van der Waals surface area contributed by atoms with Crippen molar-refractivity contribution in [3.8, 4) is 11.5 Å². The summed E-state index contributed by atoms with van der Waals surface area (Å²) in [6.07, 6.45) is 8.79. The third-order valence-electron chi connectivity index (χ3n) is 10.8. The Balaban J connectivity index is 1.03. The number of aliphatic hydroxyl groups excluding tert-OH is 1. The number of unbranched alkanes of at least 4 members (excludes halogenated alkanes) is 1. The van der Waals surface area contributed by atoms with Crippen LogP contribution in [0.2, 0.25) is 0 Å². The topological polar surface area (TPSA) is 82.1 Å². The minimum atomic E-state index is -0.670. The molecule has 0 unspecified atom stereocenters. The van der Waals surface area contributed by atoms with Crippen molar-refractivity contribution in [2.75, 3.05) is 19.6 Å². The molecule has 0 bridgehead atoms. The van der Waals surface area contributed by atoms with Crippen LogP contribution >= 0.6 is 0 Å². The van der Waals surface area contributed by atoms with Crippen LogP contribution in [0, 0.1) is 5.92 Å². The molecule has 3 aromatic carbocycles. The number of piperidine rings is 1. The summed E-state index contributed by atoms with van der Waals surface area (Å²) in [6, 6.07) is 24.7. The molecule has 1 saturated carbocycles. The number of hydrogen-bond donors (Lipinski definition) is 2. The highest BCUT2D eigenvalue weighted by Crippen LogP contribution is 2.40. The summed E-state index contributed by atoms with van der Waals surface area (Å²) in [5.41, 5.74) is 3.37. The van der Waals surface area contributed by atoms with E-state index in [4.69, 9.17) is 4.74 Å². The van der Waals surface area contributed by atoms with Crippen molar-refractivity contribution in [3.63, 3.8) is 0 Å². The fraction of sp³-hybridized carbons (Fsp3) is 0.463. The van der Waals surface area contributed by atoms with Crippen LogP contribution in [0.1, 0.15) is 86.2 Å². The van der Waals surface area contributed by atoms with Crippen molar-refractivity contribution in [2.24, 2.45) is 5.92 Å². The van der Waals surface area contributed by atoms with Crippen molar-refractivity contribution in [1.82, 2.24) is 15.1 Å². The summed E-state index contributed by atoms with van der Waals surface area (Å²) in [5.74, 6) is 1.75. The van der Waals surface area contributed by atoms with E-state index >= 15 is 0 Å². The normalized spacial score (nSPS) is 20.8. The lowest BCUT2D eigenvalue weighted by atomic mass is 9.76. The number of carbonyl (C=O) groups excluding carboxylic acids is 2. The minimum Gasteiger partial charge on any atom is -0.457 e. The molecule has 3 aromatic rings. The maximum absolute atomic E-state index is 14.0. The number of carbonyl (C=O) groups is 2. The van der Waals surface area contributed by atoms with Crippen LogP contribution in [0.25, 0.3) is 0 Å². The molecule has 254 valence electrons. The van der Waals surface area contributed by atoms with Crippen LogP contribution in [0.3, 0.4) is 0 Å². The number of Topliss-reactive ketones (excluding diaryl/α,β-unsaturated/α-hetero) is 1. The predicted octanol–water partition coefficient (Wildman–Crippen LogP) is 7.29. The van der Waals surface area contributed by atoms with Gasteiger partial charge < -0.3 is 20.1 Å². The van der Waals surface area contributed by atoms with Crippen molar-refractivity contribution in [2.45, 2.75) is 95.4 Å². The van der Waals surface area contributed by atoms with E-state index in [-0.39, 0.29) is 17.6 Å². The van der Waals surface area contributed by atoms with Crippen LogP contribution in [-0.4, -0.2) is 63.9 Å². The van der Waals surface area contributed by atoms with Crippen molar-refractivity contribution in [1.29, 1.82) is 0 Å². The molecular weight excluding hydrogens is 598 g/mol. The number of nitrogens with zero attached hydrogens (tertiary/aromatic N) is 2. The lowest BCUT2D eigenvalue weighted by molar-refractivity contribution is -0.149. The number of hydrogen-bond acceptors (Lipinski definition) is 6. The number of aliphatic hydroxyl groups is 1. The third-order valence-corrected chi connectivity index (χ3v) is 10.8. The Bertz CT molecular complexity index is 1520. The Morgan fingerprint density at radius 1 is 0.938 bits per heavy atom. The molecule has 0 aromatic heterocycles. The average Bonchev–Trinajstić information content (AvgIpc) is 3.12. The predicted molar refractivity (Wildman–Crippen MR) is 190 cm³/mol. The second kappa shape index (κ2) is 15.5. The molecule has 2 saturated heterocycles. The van der Waals surface area contributed by atoms with Gasteiger partial charge in [-0.3, -0.25) is 14.5 Å². The lowest BCUT2D eigenvalue weighted by Crippen LogP contribution is -2.70. The van der Waals surface area contributed by atoms with Crippen LogP contribution in [-0.2, 0) is 17.8 Å². The summed E-state index contributed by atoms with van der Waals surface area (Å²) < 4.78 is 6.08. The van der Waals surface area contributed by atoms with E-state index in [2.05, 4.69) is 40.8 Å². The average molecular weight is 650 g/mol. The molecule has 48 heavy (non-hydrogen) atoms. The molecule has 1 aliphatic carbocycles. The second-order valence-corrected chi connectivity index (χ2v) is 14.0. The van der Waals surface area contributed by atoms with Crippen molar-refractivity contribution in [3.05, 3.63) is 108 Å². The van der Waals surface area contributed by atoms with E-state index in [0.717, 1.165) is 88.0 Å². The van der Waals surface area contributed by atoms with Crippen LogP contribution in [0.4, 0.5) is 0 Å². The molecule has 2 N–H and O–H groups in total. The van der Waals surface area contributed by atoms with Gasteiger partial charge in [-0.1, -0.05) is 81.7 Å². The number of amides is 1. The molecule has 2 heterocycles. The van der Waals surface area contributed by atoms with E-state index in [1.807, 2.05) is 66.7 Å². The second-order valence-electron chi connectivity index (χ2n) is 14.0. The zero-order valence-corrected chi connectivity index (χ0v) is 28.4. The van der Waals surface area contributed by atoms with Gasteiger partial charge in [0.15, 0.2) is 5.78 Å². The molecule has 3 fully saturated rings. The van der Waals surface area contributed by atoms with Gasteiger partial charge in [0.2, 0.25) is 5.91 Å². The molecule has 1 amide bonds. The number of ether oxygens (including phenoxy) is 1. The molecule has 1 spiro atoms. The molecule has 3 aliphatic rings. The fourth-order valence-electron chi connectivity index (χ4n) is 7.85. The van der Waals surface area contributed by atoms with Gasteiger partial charge in [0, 0.05) is 43.9 Å². The molecule has 6 rings (SSSR count). The highest BCUT2D eigenvalue weighted by molar-refractivity contribution is 5.97. The Morgan fingerprint density at radius 3 is 2.23 bits per heavy atom. The monoisotopic (exact) mass is 649 g/mol. The van der Waals surface area contributed by atoms with Gasteiger partial charge in [-0.2, -0.15) is 0 Å². The Labute approximate surface area is 286 Å². The number of nitrogens with one attached hydrogen (secondary N) is 1. The molecule has 7 heteroatoms. The van der Waals surface area contributed by atoms with E-state index in [9.17, 15) is 14.7 Å². The van der Waals surface area contributed by atoms with Gasteiger partial charge in [0.1, 0.15) is 17.5 Å². The van der Waals surface area contributed by atoms with Gasteiger partial charge in [-0.15, -0.1) is 0 Å². The van der Waals surface area contributed by atoms with Gasteiger partial charge in [-0.05, 0) is 85.5 Å². The number of rotatable bonds is 12. The Kier molecular flexibility index (Phi) is 11.0. The number of ketones is 1. The number of piperazine rings is 1. The first-order valence-electron chi connectivity index (χ1n) is 18.0. The van der Waals surface area contributed by atoms with Gasteiger partial charge in [-0.25, -0.2) is 0 Å². The third kappa shape index (κ3) is 7.68. The van der Waals surface area contributed by atoms with Crippen molar-refractivity contribution >= 4 is 11.7 Å². The van der Waals surface area contributed by atoms with Crippen molar-refractivity contribution < 1.29 is 19.4 Å². The van der Waals surface area contributed by atoms with Crippen LogP contribution in [0.5, 0.6) is 11.5 Å². The summed E-state index contributed by atoms with van der Waals surface area (Å²) in [5, 5.41) is 14.8. The van der Waals surface area contributed by atoms with Gasteiger partial charge in [0.05, 0.1) is 11.6 Å². The smallest absolute Gasteiger partial charge is 0.248 e. The highest BCUT2D eigenvalue weighted by Gasteiger charge is 2.52. The maximum Gasteiger partial charge on any atom is 0.248 e. The van der Waals surface area contributed by atoms with E-state index < -0.39 is 17.7 Å². The zero-order valence-electron chi connectivity index (χ0n) is 28.4. The SMILES string of the molecule is C=C1N[C@@H]([C@H](O)C2CCCCC2)C(=O)N(CCCC)C12CCN(Cc1ccc(Oc3ccc(C(=O)Cc4ccccc4)cc3)cc1)CC2. The van der Waals surface area contributed by atoms with Gasteiger partial charge >= 0.3 is 0 Å². The highest BCUT2D eigenvalue weighted by atomic mass is 16.5. The first-order chi connectivity index (χ1) is 23.4. The first kappa shape index (κ1) is 33.9. The maximum atomic E-state index is 14.0. The van der Waals surface area contributed by atoms with E-state index in [1.54, 1.807) is 0 Å². The van der Waals surface area contributed by atoms with E-state index in [1.165, 1.54) is 12.0 Å². The van der Waals surface area contributed by atoms with E-state index in [0.29, 0.717) is 24.3 Å². The molecule has 7 nitrogen and oxygen atoms in total. The summed E-state index contributed by atoms with van der Waals surface area (Å²) >= 11 is 0. The summed E-state index contributed by atoms with van der Waals surface area (Å²) in [6.45, 7) is 9.89. The minimum absolute atomic E-state index is 0.0476. The summed E-state index contributed by atoms with van der Waals surface area (Å²) in [7, 11) is 0. The molecular formula is C41H51N3O4. The van der Waals surface area contributed by atoms with Crippen LogP contribution < -0.4 is 10.1 Å². The fourth-order valence-corrected chi connectivity index (χ4v) is 7.85. The lowest BCUT2D eigenvalue weighted by Gasteiger charge is -2.55.